The number of fused-ring (bicyclic) bond motifs is 10. The first kappa shape index (κ1) is 73.8. The van der Waals surface area contributed by atoms with E-state index in [9.17, 15) is 0 Å². The maximum atomic E-state index is 6.95. The molecule has 0 radical (unpaired) electrons. The molecule has 2 fully saturated rings. The van der Waals surface area contributed by atoms with Crippen molar-refractivity contribution in [2.24, 2.45) is 11.8 Å². The summed E-state index contributed by atoms with van der Waals surface area (Å²) in [6.07, 6.45) is 19.4. The van der Waals surface area contributed by atoms with Gasteiger partial charge in [0.05, 0.1) is 0 Å². The van der Waals surface area contributed by atoms with Crippen LogP contribution in [0, 0.1) is 53.4 Å². The van der Waals surface area contributed by atoms with Gasteiger partial charge in [-0.3, -0.25) is 0 Å². The molecule has 0 nitrogen and oxygen atoms in total. The Bertz CT molecular complexity index is 4680. The van der Waals surface area contributed by atoms with E-state index >= 15 is 0 Å². The average Bonchev–Trinajstić information content (AvgIpc) is 1.49. The van der Waals surface area contributed by atoms with E-state index in [-0.39, 0.29) is 21.7 Å². The molecule has 0 spiro atoms. The van der Waals surface area contributed by atoms with E-state index < -0.39 is 36.6 Å². The zero-order valence-electron chi connectivity index (χ0n) is 66.2. The Morgan fingerprint density at radius 2 is 0.843 bits per heavy atom. The van der Waals surface area contributed by atoms with Gasteiger partial charge in [0, 0.05) is 0 Å². The van der Waals surface area contributed by atoms with Gasteiger partial charge in [-0.2, -0.15) is 0 Å². The standard InChI is InChI=1S/C31H29.2C27H35.C9H5Cl2.4CH3.Hf.Ti/c1-18-11-20(3)30(21(4)12-18)26-9-7-24-15-25-8-10-27(17-29(25)28(24)16-26)31-22(5)13-19(2)14-23(31)6;2*1-26(2,3)19-12-14-21-22-15-13-20(27(4,5)6)17-24(22)25(23(21)16-19)18-10-8-7-9-11-18;10-8-4-5-9(11)7-3-1-2-6(7)8;;;;;;/h7,9-14,16-17H,15H2,1-6H3;2*12-16,18,25H,7-11H2,1-6H3;1-5H;4*1H3;;. The first-order valence-corrected chi connectivity index (χ1v) is 55.6. The van der Waals surface area contributed by atoms with Crippen LogP contribution in [0.25, 0.3) is 61.7 Å². The summed E-state index contributed by atoms with van der Waals surface area (Å²) >= 11 is 6.98. The van der Waals surface area contributed by atoms with Crippen molar-refractivity contribution in [3.05, 3.63) is 244 Å². The van der Waals surface area contributed by atoms with Gasteiger partial charge in [0.15, 0.2) is 0 Å². The minimum atomic E-state index is -3.81. The van der Waals surface area contributed by atoms with Crippen LogP contribution in [0.15, 0.2) is 133 Å². The second-order valence-corrected chi connectivity index (χ2v) is 61.2. The molecule has 0 saturated heterocycles. The zero-order chi connectivity index (χ0) is 73.0. The van der Waals surface area contributed by atoms with Gasteiger partial charge in [-0.25, -0.2) is 0 Å². The van der Waals surface area contributed by atoms with Gasteiger partial charge < -0.3 is 0 Å². The third-order valence-electron chi connectivity index (χ3n) is 25.7. The zero-order valence-corrected chi connectivity index (χ0v) is 72.9. The molecule has 0 bridgehead atoms. The van der Waals surface area contributed by atoms with Gasteiger partial charge in [-0.1, -0.05) is 0 Å². The van der Waals surface area contributed by atoms with Crippen LogP contribution >= 0.6 is 23.2 Å². The topological polar surface area (TPSA) is 0 Å². The van der Waals surface area contributed by atoms with Gasteiger partial charge in [0.25, 0.3) is 0 Å². The fraction of sp³-hybridized carbons (Fsp3) is 0.429. The second kappa shape index (κ2) is 27.0. The van der Waals surface area contributed by atoms with E-state index in [1.165, 1.54) is 170 Å². The summed E-state index contributed by atoms with van der Waals surface area (Å²) in [5, 5.41) is 6.77. The van der Waals surface area contributed by atoms with Crippen LogP contribution in [0.5, 0.6) is 0 Å². The van der Waals surface area contributed by atoms with E-state index in [4.69, 9.17) is 23.2 Å². The third kappa shape index (κ3) is 13.0. The Labute approximate surface area is 634 Å². The molecule has 9 aromatic carbocycles. The Morgan fingerprint density at radius 1 is 0.412 bits per heavy atom. The fourth-order valence-corrected chi connectivity index (χ4v) is 42.9. The van der Waals surface area contributed by atoms with Crippen molar-refractivity contribution in [3.63, 3.8) is 0 Å². The molecule has 2 saturated carbocycles. The van der Waals surface area contributed by atoms with E-state index in [2.05, 4.69) is 272 Å². The molecule has 0 aromatic heterocycles. The maximum absolute atomic E-state index is 6.95. The van der Waals surface area contributed by atoms with Gasteiger partial charge in [-0.05, 0) is 0 Å². The van der Waals surface area contributed by atoms with Crippen molar-refractivity contribution >= 4 is 39.8 Å². The van der Waals surface area contributed by atoms with Gasteiger partial charge in [0.1, 0.15) is 0 Å². The predicted octanol–water partition coefficient (Wildman–Crippen LogP) is 27.9. The van der Waals surface area contributed by atoms with Gasteiger partial charge in [-0.15, -0.1) is 0 Å². The van der Waals surface area contributed by atoms with Crippen molar-refractivity contribution in [2.75, 3.05) is 0 Å². The molecule has 0 amide bonds. The van der Waals surface area contributed by atoms with Gasteiger partial charge in [0.2, 0.25) is 0 Å². The molecule has 0 N–H and O–H groups in total. The Morgan fingerprint density at radius 3 is 1.29 bits per heavy atom. The average molecular weight is 1590 g/mol. The summed E-state index contributed by atoms with van der Waals surface area (Å²) < 4.78 is 11.4. The summed E-state index contributed by atoms with van der Waals surface area (Å²) in [7, 11) is 0. The van der Waals surface area contributed by atoms with Crippen LogP contribution in [0.1, 0.15) is 263 Å². The summed E-state index contributed by atoms with van der Waals surface area (Å²) in [5.74, 6) is 2.41. The molecule has 102 heavy (non-hydrogen) atoms. The van der Waals surface area contributed by atoms with E-state index in [1.54, 1.807) is 48.4 Å². The molecule has 0 aliphatic heterocycles. The minimum absolute atomic E-state index is 0.0529. The SMILES string of the molecule is CC(C)(C)c1ccc2c(c1)C(C1CCCCC1)c1c-2ccc(C(C)(C)C)[c]1[Hf]([CH3])([CH3])[c]1c(C(C)(C)C)ccc2c1C(C1CCCCC1)c1cc(C(C)(C)C)ccc1-2.Cc1cc(C)c(-c2ccc3c(c2)-c2cc(-c4c(C)cc(C)cc4C)c[c]([Ti]([CH3])([CH3])[CH]4C=Cc5c(Cl)ccc(Cl)c54)c2C3)c(C)c1. The molecule has 4 heteroatoms. The summed E-state index contributed by atoms with van der Waals surface area (Å²) in [5.41, 5.74) is 41.1. The molecule has 15 rings (SSSR count). The molecular weight excluding hydrogens is 1470 g/mol. The van der Waals surface area contributed by atoms with Crippen LogP contribution in [-0.4, -0.2) is 0 Å². The molecule has 6 aliphatic rings. The molecular formula is C98H116Cl2HfTi. The fourth-order valence-electron chi connectivity index (χ4n) is 20.9. The number of halogens is 2. The molecule has 9 aromatic rings. The van der Waals surface area contributed by atoms with Crippen molar-refractivity contribution in [2.45, 2.75) is 253 Å². The van der Waals surface area contributed by atoms with Crippen molar-refractivity contribution in [3.8, 4) is 55.6 Å². The Kier molecular flexibility index (Phi) is 19.5. The van der Waals surface area contributed by atoms with Crippen LogP contribution < -0.4 is 10.5 Å². The summed E-state index contributed by atoms with van der Waals surface area (Å²) in [6, 6.07) is 51.3. The number of rotatable bonds is 8. The van der Waals surface area contributed by atoms with Crippen LogP contribution in [0.2, 0.25) is 29.9 Å². The van der Waals surface area contributed by atoms with Crippen LogP contribution in [-0.2, 0) is 64.6 Å². The van der Waals surface area contributed by atoms with Crippen LogP contribution in [0.3, 0.4) is 0 Å². The third-order valence-corrected chi connectivity index (χ3v) is 45.2. The molecule has 6 aliphatic carbocycles. The van der Waals surface area contributed by atoms with Crippen molar-refractivity contribution in [1.82, 2.24) is 0 Å². The first-order chi connectivity index (χ1) is 47.9. The second-order valence-electron chi connectivity index (χ2n) is 37.9. The molecule has 3 atom stereocenters. The Hall–Kier alpha value is -5.12. The normalized spacial score (nSPS) is 18.1. The number of benzene rings is 9. The van der Waals surface area contributed by atoms with Crippen molar-refractivity contribution in [1.29, 1.82) is 0 Å². The number of aryl methyl sites for hydroxylation is 6. The van der Waals surface area contributed by atoms with Gasteiger partial charge >= 0.3 is 640 Å². The first-order valence-electron chi connectivity index (χ1n) is 39.2. The number of hydrogen-bond acceptors (Lipinski definition) is 0. The van der Waals surface area contributed by atoms with E-state index in [0.717, 1.165) is 22.0 Å². The number of allylic oxidation sites excluding steroid dienone is 1. The number of hydrogen-bond donors (Lipinski definition) is 0. The summed E-state index contributed by atoms with van der Waals surface area (Å²) in [4.78, 5) is 0. The van der Waals surface area contributed by atoms with E-state index in [1.807, 2.05) is 18.8 Å². The molecule has 530 valence electrons. The molecule has 0 heterocycles. The summed E-state index contributed by atoms with van der Waals surface area (Å²) in [6.45, 7) is 43.0. The van der Waals surface area contributed by atoms with E-state index in [0.29, 0.717) is 27.9 Å². The van der Waals surface area contributed by atoms with Crippen LogP contribution in [0.4, 0.5) is 0 Å². The monoisotopic (exact) mass is 1590 g/mol. The Balaban J connectivity index is 0.000000178. The predicted molar refractivity (Wildman–Crippen MR) is 440 cm³/mol. The van der Waals surface area contributed by atoms with Crippen molar-refractivity contribution < 1.29 is 36.6 Å². The molecule has 3 unspecified atom stereocenters. The quantitative estimate of drug-likeness (QED) is 0.133.